The number of ether oxygens (including phenoxy) is 3. The van der Waals surface area contributed by atoms with Crippen LogP contribution < -0.4 is 25.5 Å². The maximum atomic E-state index is 11.7. The van der Waals surface area contributed by atoms with Crippen LogP contribution in [0.25, 0.3) is 0 Å². The SMILES string of the molecule is CCOc1ccc(C(=O)NN)cc1COc1ccccc1OC. The molecular weight excluding hydrogens is 296 g/mol. The van der Waals surface area contributed by atoms with Gasteiger partial charge in [-0.05, 0) is 37.3 Å². The average Bonchev–Trinajstić information content (AvgIpc) is 2.60. The first-order chi connectivity index (χ1) is 11.2. The van der Waals surface area contributed by atoms with Gasteiger partial charge in [0.05, 0.1) is 13.7 Å². The van der Waals surface area contributed by atoms with Gasteiger partial charge < -0.3 is 14.2 Å². The van der Waals surface area contributed by atoms with Crippen LogP contribution in [-0.2, 0) is 6.61 Å². The van der Waals surface area contributed by atoms with Gasteiger partial charge in [-0.3, -0.25) is 10.2 Å². The first-order valence-corrected chi connectivity index (χ1v) is 7.22. The Morgan fingerprint density at radius 3 is 2.48 bits per heavy atom. The second-order valence-corrected chi connectivity index (χ2v) is 4.67. The van der Waals surface area contributed by atoms with Crippen LogP contribution in [0.1, 0.15) is 22.8 Å². The van der Waals surface area contributed by atoms with Gasteiger partial charge in [-0.15, -0.1) is 0 Å². The van der Waals surface area contributed by atoms with Crippen LogP contribution in [0.5, 0.6) is 17.2 Å². The summed E-state index contributed by atoms with van der Waals surface area (Å²) in [5.74, 6) is 6.73. The molecule has 23 heavy (non-hydrogen) atoms. The van der Waals surface area contributed by atoms with Crippen molar-refractivity contribution in [3.63, 3.8) is 0 Å². The van der Waals surface area contributed by atoms with Crippen LogP contribution in [0.3, 0.4) is 0 Å². The highest BCUT2D eigenvalue weighted by molar-refractivity contribution is 5.94. The second-order valence-electron chi connectivity index (χ2n) is 4.67. The third kappa shape index (κ3) is 4.14. The summed E-state index contributed by atoms with van der Waals surface area (Å²) in [7, 11) is 1.58. The molecule has 0 aliphatic carbocycles. The van der Waals surface area contributed by atoms with E-state index in [0.29, 0.717) is 29.4 Å². The number of carbonyl (C=O) groups excluding carboxylic acids is 1. The Labute approximate surface area is 135 Å². The van der Waals surface area contributed by atoms with Crippen molar-refractivity contribution in [3.05, 3.63) is 53.6 Å². The van der Waals surface area contributed by atoms with E-state index in [2.05, 4.69) is 5.43 Å². The predicted octanol–water partition coefficient (Wildman–Crippen LogP) is 2.28. The van der Waals surface area contributed by atoms with Gasteiger partial charge in [0.25, 0.3) is 5.91 Å². The van der Waals surface area contributed by atoms with Gasteiger partial charge >= 0.3 is 0 Å². The molecule has 0 saturated heterocycles. The van der Waals surface area contributed by atoms with Crippen molar-refractivity contribution >= 4 is 5.91 Å². The average molecular weight is 316 g/mol. The summed E-state index contributed by atoms with van der Waals surface area (Å²) in [6, 6.07) is 12.4. The predicted molar refractivity (Wildman–Crippen MR) is 86.6 cm³/mol. The van der Waals surface area contributed by atoms with E-state index >= 15 is 0 Å². The first-order valence-electron chi connectivity index (χ1n) is 7.22. The van der Waals surface area contributed by atoms with E-state index in [-0.39, 0.29) is 12.5 Å². The fraction of sp³-hybridized carbons (Fsp3) is 0.235. The number of benzene rings is 2. The molecular formula is C17H20N2O4. The molecule has 0 aliphatic heterocycles. The molecule has 2 rings (SSSR count). The molecule has 3 N–H and O–H groups in total. The number of hydrogen-bond acceptors (Lipinski definition) is 5. The Kier molecular flexibility index (Phi) is 5.82. The molecule has 0 aromatic heterocycles. The minimum atomic E-state index is -0.369. The number of amides is 1. The zero-order valence-electron chi connectivity index (χ0n) is 13.2. The number of nitrogens with one attached hydrogen (secondary N) is 1. The van der Waals surface area contributed by atoms with Gasteiger partial charge in [-0.1, -0.05) is 12.1 Å². The third-order valence-electron chi connectivity index (χ3n) is 3.21. The molecule has 0 radical (unpaired) electrons. The van der Waals surface area contributed by atoms with Crippen molar-refractivity contribution < 1.29 is 19.0 Å². The molecule has 0 heterocycles. The maximum Gasteiger partial charge on any atom is 0.265 e. The molecule has 0 unspecified atom stereocenters. The van der Waals surface area contributed by atoms with Crippen molar-refractivity contribution in [3.8, 4) is 17.2 Å². The number of carbonyl (C=O) groups is 1. The number of nitrogen functional groups attached to an aromatic ring is 1. The molecule has 0 atom stereocenters. The number of rotatable bonds is 7. The minimum absolute atomic E-state index is 0.237. The lowest BCUT2D eigenvalue weighted by molar-refractivity contribution is 0.0953. The molecule has 2 aromatic rings. The van der Waals surface area contributed by atoms with E-state index < -0.39 is 0 Å². The normalized spacial score (nSPS) is 10.0. The smallest absolute Gasteiger partial charge is 0.265 e. The van der Waals surface area contributed by atoms with E-state index in [0.717, 1.165) is 5.56 Å². The molecule has 6 heteroatoms. The Morgan fingerprint density at radius 1 is 1.09 bits per heavy atom. The Hall–Kier alpha value is -2.73. The van der Waals surface area contributed by atoms with Gasteiger partial charge in [0.1, 0.15) is 12.4 Å². The van der Waals surface area contributed by atoms with E-state index in [9.17, 15) is 4.79 Å². The number of hydrogen-bond donors (Lipinski definition) is 2. The fourth-order valence-corrected chi connectivity index (χ4v) is 2.11. The Morgan fingerprint density at radius 2 is 1.83 bits per heavy atom. The molecule has 122 valence electrons. The van der Waals surface area contributed by atoms with Crippen molar-refractivity contribution in [2.45, 2.75) is 13.5 Å². The largest absolute Gasteiger partial charge is 0.493 e. The molecule has 0 fully saturated rings. The van der Waals surface area contributed by atoms with Gasteiger partial charge in [0.2, 0.25) is 0 Å². The second kappa shape index (κ2) is 8.05. The van der Waals surface area contributed by atoms with Crippen LogP contribution in [-0.4, -0.2) is 19.6 Å². The minimum Gasteiger partial charge on any atom is -0.493 e. The van der Waals surface area contributed by atoms with Crippen molar-refractivity contribution in [2.75, 3.05) is 13.7 Å². The van der Waals surface area contributed by atoms with E-state index in [1.165, 1.54) is 0 Å². The van der Waals surface area contributed by atoms with Crippen LogP contribution in [0, 0.1) is 0 Å². The molecule has 0 bridgehead atoms. The van der Waals surface area contributed by atoms with Crippen molar-refractivity contribution in [1.82, 2.24) is 5.43 Å². The van der Waals surface area contributed by atoms with Crippen LogP contribution >= 0.6 is 0 Å². The summed E-state index contributed by atoms with van der Waals surface area (Å²) in [6.45, 7) is 2.65. The standard InChI is InChI=1S/C17H20N2O4/c1-3-22-14-9-8-12(17(20)19-18)10-13(14)11-23-16-7-5-4-6-15(16)21-2/h4-10H,3,11,18H2,1-2H3,(H,19,20). The molecule has 1 amide bonds. The summed E-state index contributed by atoms with van der Waals surface area (Å²) in [4.78, 5) is 11.7. The molecule has 2 aromatic carbocycles. The highest BCUT2D eigenvalue weighted by Gasteiger charge is 2.11. The van der Waals surface area contributed by atoms with Gasteiger partial charge in [-0.25, -0.2) is 5.84 Å². The Bertz CT molecular complexity index is 673. The van der Waals surface area contributed by atoms with E-state index in [1.807, 2.05) is 31.2 Å². The summed E-state index contributed by atoms with van der Waals surface area (Å²) in [6.07, 6.45) is 0. The third-order valence-corrected chi connectivity index (χ3v) is 3.21. The van der Waals surface area contributed by atoms with Crippen LogP contribution in [0.4, 0.5) is 0 Å². The zero-order chi connectivity index (χ0) is 16.7. The topological polar surface area (TPSA) is 82.8 Å². The Balaban J connectivity index is 2.24. The number of para-hydroxylation sites is 2. The lowest BCUT2D eigenvalue weighted by Crippen LogP contribution is -2.30. The summed E-state index contributed by atoms with van der Waals surface area (Å²) in [5.41, 5.74) is 3.30. The summed E-state index contributed by atoms with van der Waals surface area (Å²) < 4.78 is 16.6. The van der Waals surface area contributed by atoms with Gasteiger partial charge in [-0.2, -0.15) is 0 Å². The highest BCUT2D eigenvalue weighted by Crippen LogP contribution is 2.28. The monoisotopic (exact) mass is 316 g/mol. The van der Waals surface area contributed by atoms with Crippen LogP contribution in [0.15, 0.2) is 42.5 Å². The fourth-order valence-electron chi connectivity index (χ4n) is 2.11. The summed E-state index contributed by atoms with van der Waals surface area (Å²) in [5, 5.41) is 0. The summed E-state index contributed by atoms with van der Waals surface area (Å²) >= 11 is 0. The lowest BCUT2D eigenvalue weighted by atomic mass is 10.1. The van der Waals surface area contributed by atoms with E-state index in [1.54, 1.807) is 25.3 Å². The highest BCUT2D eigenvalue weighted by atomic mass is 16.5. The molecule has 0 spiro atoms. The number of methoxy groups -OCH3 is 1. The zero-order valence-corrected chi connectivity index (χ0v) is 13.2. The first kappa shape index (κ1) is 16.6. The van der Waals surface area contributed by atoms with Gasteiger partial charge in [0.15, 0.2) is 11.5 Å². The number of nitrogens with two attached hydrogens (primary N) is 1. The van der Waals surface area contributed by atoms with Crippen LogP contribution in [0.2, 0.25) is 0 Å². The number of hydrazine groups is 1. The molecule has 0 saturated carbocycles. The molecule has 0 aliphatic rings. The quantitative estimate of drug-likeness (QED) is 0.465. The maximum absolute atomic E-state index is 11.7. The molecule has 6 nitrogen and oxygen atoms in total. The van der Waals surface area contributed by atoms with E-state index in [4.69, 9.17) is 20.1 Å². The van der Waals surface area contributed by atoms with Crippen molar-refractivity contribution in [1.29, 1.82) is 0 Å². The van der Waals surface area contributed by atoms with Crippen molar-refractivity contribution in [2.24, 2.45) is 5.84 Å². The van der Waals surface area contributed by atoms with Gasteiger partial charge in [0, 0.05) is 11.1 Å². The lowest BCUT2D eigenvalue weighted by Gasteiger charge is -2.14.